The maximum atomic E-state index is 13.1. The summed E-state index contributed by atoms with van der Waals surface area (Å²) >= 11 is 0. The van der Waals surface area contributed by atoms with Crippen LogP contribution in [-0.4, -0.2) is 36.6 Å². The molecule has 1 aromatic carbocycles. The minimum Gasteiger partial charge on any atom is -0.493 e. The first-order chi connectivity index (χ1) is 16.7. The van der Waals surface area contributed by atoms with Crippen molar-refractivity contribution < 1.29 is 19.1 Å². The predicted molar refractivity (Wildman–Crippen MR) is 143 cm³/mol. The van der Waals surface area contributed by atoms with E-state index in [2.05, 4.69) is 44.9 Å². The van der Waals surface area contributed by atoms with Crippen LogP contribution >= 0.6 is 0 Å². The molecule has 3 unspecified atom stereocenters. The Labute approximate surface area is 216 Å². The van der Waals surface area contributed by atoms with Gasteiger partial charge in [-0.2, -0.15) is 4.99 Å². The number of hydrogen-bond donors (Lipinski definition) is 2. The smallest absolute Gasteiger partial charge is 0.436 e. The second-order valence-corrected chi connectivity index (χ2v) is 12.8. The number of aliphatic imine (C=N–C) groups is 1. The van der Waals surface area contributed by atoms with Crippen molar-refractivity contribution in [3.8, 4) is 5.75 Å². The quantitative estimate of drug-likeness (QED) is 0.402. The highest BCUT2D eigenvalue weighted by Gasteiger charge is 2.41. The molecule has 2 amide bonds. The van der Waals surface area contributed by atoms with Crippen molar-refractivity contribution in [2.24, 2.45) is 39.8 Å². The number of carbonyl (C=O) groups excluding carboxylic acids is 2. The van der Waals surface area contributed by atoms with Crippen LogP contribution in [-0.2, 0) is 9.53 Å². The Morgan fingerprint density at radius 2 is 1.75 bits per heavy atom. The Morgan fingerprint density at radius 1 is 1.11 bits per heavy atom. The van der Waals surface area contributed by atoms with E-state index in [1.807, 2.05) is 12.1 Å². The topological polar surface area (TPSA) is 103 Å². The molecule has 2 aliphatic rings. The van der Waals surface area contributed by atoms with Gasteiger partial charge in [0.05, 0.1) is 6.61 Å². The van der Waals surface area contributed by atoms with Crippen LogP contribution < -0.4 is 15.8 Å². The van der Waals surface area contributed by atoms with E-state index in [4.69, 9.17) is 15.2 Å². The number of fused-ring (bicyclic) bond motifs is 1. The number of carbonyl (C=O) groups is 2. The van der Waals surface area contributed by atoms with E-state index >= 15 is 0 Å². The van der Waals surface area contributed by atoms with Gasteiger partial charge in [-0.1, -0.05) is 34.6 Å². The maximum Gasteiger partial charge on any atom is 0.436 e. The van der Waals surface area contributed by atoms with Gasteiger partial charge in [0.1, 0.15) is 17.2 Å². The number of amidine groups is 1. The standard InChI is InChI=1S/C29H45N3O4/c1-17-13-21(28(3,4)5)14-18(2)24(17)26(33)31-12-11-20-16-35-23-10-9-19(15-22(20)23)25(30)32-27(34)36-29(6,7)8/h9-10,15,17-18,20-21,24H,11-14,16H2,1-8H3,(H,31,33)(H2,30,32,34). The van der Waals surface area contributed by atoms with E-state index < -0.39 is 11.7 Å². The van der Waals surface area contributed by atoms with E-state index in [1.165, 1.54) is 0 Å². The highest BCUT2D eigenvalue weighted by atomic mass is 16.6. The highest BCUT2D eigenvalue weighted by Crippen LogP contribution is 2.45. The average molecular weight is 500 g/mol. The fourth-order valence-electron chi connectivity index (χ4n) is 5.68. The van der Waals surface area contributed by atoms with Gasteiger partial charge >= 0.3 is 6.09 Å². The Kier molecular flexibility index (Phi) is 8.41. The van der Waals surface area contributed by atoms with Gasteiger partial charge in [-0.15, -0.1) is 0 Å². The first-order valence-corrected chi connectivity index (χ1v) is 13.3. The molecule has 36 heavy (non-hydrogen) atoms. The van der Waals surface area contributed by atoms with E-state index in [9.17, 15) is 9.59 Å². The molecule has 1 heterocycles. The van der Waals surface area contributed by atoms with Gasteiger partial charge in [-0.25, -0.2) is 4.79 Å². The number of hydrogen-bond acceptors (Lipinski definition) is 4. The molecule has 1 aromatic rings. The molecule has 3 N–H and O–H groups in total. The number of nitrogens with one attached hydrogen (secondary N) is 1. The van der Waals surface area contributed by atoms with Crippen LogP contribution in [0, 0.1) is 29.1 Å². The molecular weight excluding hydrogens is 454 g/mol. The number of nitrogens with two attached hydrogens (primary N) is 1. The molecule has 0 bridgehead atoms. The number of ether oxygens (including phenoxy) is 2. The van der Waals surface area contributed by atoms with Gasteiger partial charge in [0.25, 0.3) is 0 Å². The van der Waals surface area contributed by atoms with Crippen molar-refractivity contribution in [1.82, 2.24) is 5.32 Å². The molecule has 1 saturated carbocycles. The van der Waals surface area contributed by atoms with Crippen LogP contribution in [0.15, 0.2) is 23.2 Å². The largest absolute Gasteiger partial charge is 0.493 e. The SMILES string of the molecule is CC1CC(C(C)(C)C)CC(C)C1C(=O)NCCC1COc2ccc(C(N)=NC(=O)OC(C)(C)C)cc21. The molecule has 3 atom stereocenters. The van der Waals surface area contributed by atoms with Crippen LogP contribution in [0.4, 0.5) is 4.79 Å². The van der Waals surface area contributed by atoms with Crippen LogP contribution in [0.2, 0.25) is 0 Å². The molecule has 1 fully saturated rings. The third kappa shape index (κ3) is 7.01. The molecule has 1 aliphatic heterocycles. The Balaban J connectivity index is 1.58. The van der Waals surface area contributed by atoms with E-state index in [1.54, 1.807) is 26.8 Å². The molecule has 3 rings (SSSR count). The zero-order valence-corrected chi connectivity index (χ0v) is 23.3. The minimum atomic E-state index is -0.712. The number of nitrogens with zero attached hydrogens (tertiary/aromatic N) is 1. The van der Waals surface area contributed by atoms with Crippen molar-refractivity contribution >= 4 is 17.8 Å². The van der Waals surface area contributed by atoms with Gasteiger partial charge in [0.2, 0.25) is 5.91 Å². The summed E-state index contributed by atoms with van der Waals surface area (Å²) in [6.45, 7) is 17.9. The Hall–Kier alpha value is -2.57. The van der Waals surface area contributed by atoms with Gasteiger partial charge in [-0.3, -0.25) is 4.79 Å². The van der Waals surface area contributed by atoms with Crippen LogP contribution in [0.1, 0.15) is 91.7 Å². The lowest BCUT2D eigenvalue weighted by molar-refractivity contribution is -0.131. The van der Waals surface area contributed by atoms with Crippen molar-refractivity contribution in [3.63, 3.8) is 0 Å². The van der Waals surface area contributed by atoms with Crippen molar-refractivity contribution in [3.05, 3.63) is 29.3 Å². The summed E-state index contributed by atoms with van der Waals surface area (Å²) in [6.07, 6.45) is 2.26. The molecule has 7 heteroatoms. The zero-order chi connectivity index (χ0) is 26.8. The van der Waals surface area contributed by atoms with Gasteiger partial charge in [0.15, 0.2) is 0 Å². The second kappa shape index (κ2) is 10.8. The van der Waals surface area contributed by atoms with Crippen LogP contribution in [0.25, 0.3) is 0 Å². The summed E-state index contributed by atoms with van der Waals surface area (Å²) in [4.78, 5) is 29.0. The molecule has 0 radical (unpaired) electrons. The number of benzene rings is 1. The van der Waals surface area contributed by atoms with Gasteiger partial charge < -0.3 is 20.5 Å². The molecule has 200 valence electrons. The van der Waals surface area contributed by atoms with E-state index in [-0.39, 0.29) is 29.0 Å². The third-order valence-corrected chi connectivity index (χ3v) is 7.65. The summed E-state index contributed by atoms with van der Waals surface area (Å²) in [7, 11) is 0. The van der Waals surface area contributed by atoms with Crippen LogP contribution in [0.5, 0.6) is 5.75 Å². The van der Waals surface area contributed by atoms with Crippen molar-refractivity contribution in [2.45, 2.75) is 86.2 Å². The average Bonchev–Trinajstić information content (AvgIpc) is 3.13. The highest BCUT2D eigenvalue weighted by molar-refractivity contribution is 6.03. The molecule has 0 aromatic heterocycles. The van der Waals surface area contributed by atoms with E-state index in [0.29, 0.717) is 36.5 Å². The fraction of sp³-hybridized carbons (Fsp3) is 0.690. The summed E-state index contributed by atoms with van der Waals surface area (Å²) < 4.78 is 11.1. The lowest BCUT2D eigenvalue weighted by atomic mass is 9.62. The summed E-state index contributed by atoms with van der Waals surface area (Å²) in [5.41, 5.74) is 7.41. The minimum absolute atomic E-state index is 0.0613. The monoisotopic (exact) mass is 499 g/mol. The summed E-state index contributed by atoms with van der Waals surface area (Å²) in [6, 6.07) is 5.58. The zero-order valence-electron chi connectivity index (χ0n) is 23.3. The maximum absolute atomic E-state index is 13.1. The number of rotatable bonds is 5. The Bertz CT molecular complexity index is 977. The lowest BCUT2D eigenvalue weighted by Crippen LogP contribution is -2.44. The molecule has 0 spiro atoms. The molecule has 1 aliphatic carbocycles. The second-order valence-electron chi connectivity index (χ2n) is 12.8. The first kappa shape index (κ1) is 28.0. The molecular formula is C29H45N3O4. The predicted octanol–water partition coefficient (Wildman–Crippen LogP) is 5.65. The van der Waals surface area contributed by atoms with E-state index in [0.717, 1.165) is 30.6 Å². The first-order valence-electron chi connectivity index (χ1n) is 13.3. The summed E-state index contributed by atoms with van der Waals surface area (Å²) in [5.74, 6) is 2.70. The Morgan fingerprint density at radius 3 is 2.33 bits per heavy atom. The van der Waals surface area contributed by atoms with Gasteiger partial charge in [-0.05, 0) is 81.4 Å². The number of amides is 2. The summed E-state index contributed by atoms with van der Waals surface area (Å²) in [5, 5.41) is 3.21. The normalized spacial score (nSPS) is 26.7. The molecule has 7 nitrogen and oxygen atoms in total. The molecule has 0 saturated heterocycles. The third-order valence-electron chi connectivity index (χ3n) is 7.65. The van der Waals surface area contributed by atoms with Crippen molar-refractivity contribution in [2.75, 3.05) is 13.2 Å². The van der Waals surface area contributed by atoms with Crippen LogP contribution in [0.3, 0.4) is 0 Å². The van der Waals surface area contributed by atoms with Crippen molar-refractivity contribution in [1.29, 1.82) is 0 Å². The van der Waals surface area contributed by atoms with Gasteiger partial charge in [0, 0.05) is 29.5 Å². The fourth-order valence-corrected chi connectivity index (χ4v) is 5.68. The lowest BCUT2D eigenvalue weighted by Gasteiger charge is -2.43.